The van der Waals surface area contributed by atoms with Crippen molar-refractivity contribution in [2.75, 3.05) is 4.72 Å². The highest BCUT2D eigenvalue weighted by molar-refractivity contribution is 7.92. The van der Waals surface area contributed by atoms with E-state index < -0.39 is 10.0 Å². The van der Waals surface area contributed by atoms with Crippen LogP contribution in [0.2, 0.25) is 0 Å². The molecule has 0 aliphatic rings. The van der Waals surface area contributed by atoms with Gasteiger partial charge in [-0.2, -0.15) is 0 Å². The minimum Gasteiger partial charge on any atom is -0.312 e. The Bertz CT molecular complexity index is 914. The average molecular weight is 307 g/mol. The van der Waals surface area contributed by atoms with Crippen LogP contribution < -0.4 is 9.60 Å². The van der Waals surface area contributed by atoms with Crippen molar-refractivity contribution in [3.05, 3.63) is 52.4 Å². The molecule has 3 rings (SSSR count). The van der Waals surface area contributed by atoms with Crippen LogP contribution in [0.25, 0.3) is 10.2 Å². The monoisotopic (exact) mass is 307 g/mol. The predicted molar refractivity (Wildman–Crippen MR) is 77.5 cm³/mol. The third kappa shape index (κ3) is 2.43. The largest absolute Gasteiger partial charge is 0.312 e. The van der Waals surface area contributed by atoms with Crippen LogP contribution in [-0.2, 0) is 10.0 Å². The first kappa shape index (κ1) is 12.8. The van der Waals surface area contributed by atoms with Crippen molar-refractivity contribution in [2.24, 2.45) is 0 Å². The lowest BCUT2D eigenvalue weighted by Crippen LogP contribution is -2.12. The molecule has 0 spiro atoms. The van der Waals surface area contributed by atoms with Crippen molar-refractivity contribution in [1.29, 1.82) is 0 Å². The number of nitrogens with one attached hydrogen (secondary N) is 2. The number of hydrogen-bond donors (Lipinski definition) is 2. The number of thiazole rings is 1. The molecule has 8 heteroatoms. The topological polar surface area (TPSA) is 91.9 Å². The van der Waals surface area contributed by atoms with Gasteiger partial charge in [-0.1, -0.05) is 11.3 Å². The van der Waals surface area contributed by atoms with Gasteiger partial charge in [0, 0.05) is 6.20 Å². The van der Waals surface area contributed by atoms with Crippen LogP contribution in [0.4, 0.5) is 5.69 Å². The van der Waals surface area contributed by atoms with Gasteiger partial charge >= 0.3 is 4.87 Å². The molecule has 0 atom stereocenters. The van der Waals surface area contributed by atoms with Crippen molar-refractivity contribution in [2.45, 2.75) is 4.90 Å². The Kier molecular flexibility index (Phi) is 3.03. The molecule has 0 unspecified atom stereocenters. The van der Waals surface area contributed by atoms with Gasteiger partial charge in [0.1, 0.15) is 0 Å². The minimum atomic E-state index is -3.69. The number of nitrogens with zero attached hydrogens (tertiary/aromatic N) is 1. The van der Waals surface area contributed by atoms with Crippen molar-refractivity contribution in [1.82, 2.24) is 9.97 Å². The van der Waals surface area contributed by atoms with Gasteiger partial charge < -0.3 is 4.98 Å². The fourth-order valence-corrected chi connectivity index (χ4v) is 3.65. The molecule has 0 fully saturated rings. The van der Waals surface area contributed by atoms with Crippen LogP contribution >= 0.6 is 11.3 Å². The molecule has 0 radical (unpaired) electrons. The number of rotatable bonds is 3. The zero-order valence-electron chi connectivity index (χ0n) is 10.0. The lowest BCUT2D eigenvalue weighted by atomic mass is 10.3. The molecule has 1 aromatic carbocycles. The van der Waals surface area contributed by atoms with E-state index in [1.165, 1.54) is 18.3 Å². The normalized spacial score (nSPS) is 11.6. The summed E-state index contributed by atoms with van der Waals surface area (Å²) in [6.07, 6.45) is 2.98. The molecule has 2 aromatic heterocycles. The van der Waals surface area contributed by atoms with Crippen molar-refractivity contribution >= 4 is 37.3 Å². The molecule has 20 heavy (non-hydrogen) atoms. The van der Waals surface area contributed by atoms with Crippen LogP contribution in [0.5, 0.6) is 0 Å². The molecule has 0 aliphatic heterocycles. The Balaban J connectivity index is 2.02. The maximum atomic E-state index is 12.2. The van der Waals surface area contributed by atoms with E-state index in [0.29, 0.717) is 15.9 Å². The smallest absolute Gasteiger partial charge is 0.305 e. The van der Waals surface area contributed by atoms with Crippen LogP contribution in [0.15, 0.2) is 52.4 Å². The van der Waals surface area contributed by atoms with E-state index in [-0.39, 0.29) is 9.77 Å². The van der Waals surface area contributed by atoms with Gasteiger partial charge in [-0.05, 0) is 30.3 Å². The van der Waals surface area contributed by atoms with Gasteiger partial charge in [0.05, 0.1) is 27.0 Å². The van der Waals surface area contributed by atoms with Gasteiger partial charge in [-0.15, -0.1) is 0 Å². The van der Waals surface area contributed by atoms with E-state index in [9.17, 15) is 13.2 Å². The molecule has 2 heterocycles. The second kappa shape index (κ2) is 4.73. The lowest BCUT2D eigenvalue weighted by Gasteiger charge is -2.07. The molecular weight excluding hydrogens is 298 g/mol. The molecule has 0 saturated heterocycles. The molecule has 0 bridgehead atoms. The quantitative estimate of drug-likeness (QED) is 0.771. The Labute approximate surface area is 118 Å². The molecule has 0 saturated carbocycles. The maximum absolute atomic E-state index is 12.2. The van der Waals surface area contributed by atoms with E-state index in [1.54, 1.807) is 24.4 Å². The zero-order chi connectivity index (χ0) is 14.2. The number of benzene rings is 1. The molecule has 2 N–H and O–H groups in total. The highest BCUT2D eigenvalue weighted by Crippen LogP contribution is 2.21. The van der Waals surface area contributed by atoms with E-state index in [4.69, 9.17) is 0 Å². The standard InChI is InChI=1S/C12H9N3O3S2/c16-12-14-10-4-3-9(6-11(10)19-12)20(17,18)15-8-2-1-5-13-7-8/h1-7,15H,(H,14,16). The fourth-order valence-electron chi connectivity index (χ4n) is 1.73. The number of H-pyrrole nitrogens is 1. The number of aromatic nitrogens is 2. The van der Waals surface area contributed by atoms with Crippen LogP contribution in [-0.4, -0.2) is 18.4 Å². The van der Waals surface area contributed by atoms with Gasteiger partial charge in [-0.3, -0.25) is 14.5 Å². The Morgan fingerprint density at radius 2 is 2.10 bits per heavy atom. The predicted octanol–water partition coefficient (Wildman–Crippen LogP) is 1.79. The van der Waals surface area contributed by atoms with Crippen molar-refractivity contribution in [3.8, 4) is 0 Å². The lowest BCUT2D eigenvalue weighted by molar-refractivity contribution is 0.601. The molecule has 0 amide bonds. The molecule has 0 aliphatic carbocycles. The van der Waals surface area contributed by atoms with Crippen molar-refractivity contribution in [3.63, 3.8) is 0 Å². The molecular formula is C12H9N3O3S2. The first-order chi connectivity index (χ1) is 9.54. The molecule has 102 valence electrons. The number of aromatic amines is 1. The summed E-state index contributed by atoms with van der Waals surface area (Å²) in [6, 6.07) is 7.74. The summed E-state index contributed by atoms with van der Waals surface area (Å²) in [4.78, 5) is 17.6. The summed E-state index contributed by atoms with van der Waals surface area (Å²) in [5, 5.41) is 0. The van der Waals surface area contributed by atoms with Gasteiger partial charge in [0.2, 0.25) is 0 Å². The average Bonchev–Trinajstić information content (AvgIpc) is 2.78. The summed E-state index contributed by atoms with van der Waals surface area (Å²) >= 11 is 0.973. The SMILES string of the molecule is O=c1[nH]c2ccc(S(=O)(=O)Nc3cccnc3)cc2s1. The van der Waals surface area contributed by atoms with Crippen LogP contribution in [0.3, 0.4) is 0 Å². The number of hydrogen-bond acceptors (Lipinski definition) is 5. The Morgan fingerprint density at radius 3 is 2.85 bits per heavy atom. The van der Waals surface area contributed by atoms with Gasteiger partial charge in [-0.25, -0.2) is 8.42 Å². The van der Waals surface area contributed by atoms with E-state index >= 15 is 0 Å². The van der Waals surface area contributed by atoms with Crippen molar-refractivity contribution < 1.29 is 8.42 Å². The number of sulfonamides is 1. The van der Waals surface area contributed by atoms with Crippen LogP contribution in [0, 0.1) is 0 Å². The van der Waals surface area contributed by atoms with E-state index in [1.807, 2.05) is 0 Å². The summed E-state index contributed by atoms with van der Waals surface area (Å²) in [6.45, 7) is 0. The number of anilines is 1. The Hall–Kier alpha value is -2.19. The number of fused-ring (bicyclic) bond motifs is 1. The first-order valence-electron chi connectivity index (χ1n) is 5.60. The van der Waals surface area contributed by atoms with E-state index in [2.05, 4.69) is 14.7 Å². The van der Waals surface area contributed by atoms with Gasteiger partial charge in [0.25, 0.3) is 10.0 Å². The Morgan fingerprint density at radius 1 is 1.25 bits per heavy atom. The minimum absolute atomic E-state index is 0.101. The maximum Gasteiger partial charge on any atom is 0.305 e. The summed E-state index contributed by atoms with van der Waals surface area (Å²) in [5.41, 5.74) is 1.01. The second-order valence-electron chi connectivity index (χ2n) is 4.02. The summed E-state index contributed by atoms with van der Waals surface area (Å²) in [5.74, 6) is 0. The summed E-state index contributed by atoms with van der Waals surface area (Å²) < 4.78 is 27.5. The number of pyridine rings is 1. The second-order valence-corrected chi connectivity index (χ2v) is 6.72. The zero-order valence-corrected chi connectivity index (χ0v) is 11.7. The first-order valence-corrected chi connectivity index (χ1v) is 7.90. The fraction of sp³-hybridized carbons (Fsp3) is 0. The summed E-state index contributed by atoms with van der Waals surface area (Å²) in [7, 11) is -3.69. The third-order valence-electron chi connectivity index (χ3n) is 2.62. The highest BCUT2D eigenvalue weighted by Gasteiger charge is 2.15. The highest BCUT2D eigenvalue weighted by atomic mass is 32.2. The third-order valence-corrected chi connectivity index (χ3v) is 4.84. The molecule has 3 aromatic rings. The molecule has 6 nitrogen and oxygen atoms in total. The van der Waals surface area contributed by atoms with Crippen LogP contribution in [0.1, 0.15) is 0 Å². The van der Waals surface area contributed by atoms with Gasteiger partial charge in [0.15, 0.2) is 0 Å². The van der Waals surface area contributed by atoms with E-state index in [0.717, 1.165) is 11.3 Å².